The quantitative estimate of drug-likeness (QED) is 0.385. The molecular formula is C22H20Cl2N4O2S. The van der Waals surface area contributed by atoms with Crippen LogP contribution in [0.2, 0.25) is 10.0 Å². The highest BCUT2D eigenvalue weighted by Gasteiger charge is 2.13. The highest BCUT2D eigenvalue weighted by Crippen LogP contribution is 2.29. The highest BCUT2D eigenvalue weighted by molar-refractivity contribution is 7.89. The molecule has 0 radical (unpaired) electrons. The van der Waals surface area contributed by atoms with Crippen LogP contribution in [0.5, 0.6) is 0 Å². The van der Waals surface area contributed by atoms with Crippen LogP contribution < -0.4 is 4.72 Å². The lowest BCUT2D eigenvalue weighted by Gasteiger charge is -2.09. The highest BCUT2D eigenvalue weighted by atomic mass is 35.5. The van der Waals surface area contributed by atoms with Gasteiger partial charge in [-0.3, -0.25) is 0 Å². The van der Waals surface area contributed by atoms with Crippen molar-refractivity contribution in [2.75, 3.05) is 6.54 Å². The van der Waals surface area contributed by atoms with Gasteiger partial charge in [-0.05, 0) is 60.7 Å². The van der Waals surface area contributed by atoms with E-state index in [0.717, 1.165) is 28.0 Å². The van der Waals surface area contributed by atoms with Crippen LogP contribution >= 0.6 is 23.2 Å². The van der Waals surface area contributed by atoms with Crippen LogP contribution in [0.1, 0.15) is 17.7 Å². The van der Waals surface area contributed by atoms with Crippen LogP contribution in [0, 0.1) is 6.92 Å². The lowest BCUT2D eigenvalue weighted by Crippen LogP contribution is -2.25. The number of benzene rings is 2. The molecule has 0 bridgehead atoms. The standard InChI is InChI=1S/C22H20Cl2N4O2S/c1-15-11-22-25-13-16(14-28(22)27-15)3-2-10-26-31(29,30)19-7-4-17(5-8-19)18-6-9-20(23)21(24)12-18/h4-9,11-14,26H,2-3,10H2,1H3. The van der Waals surface area contributed by atoms with Crippen LogP contribution in [0.3, 0.4) is 0 Å². The zero-order valence-electron chi connectivity index (χ0n) is 16.7. The molecule has 0 atom stereocenters. The Morgan fingerprint density at radius 3 is 2.48 bits per heavy atom. The van der Waals surface area contributed by atoms with Crippen LogP contribution in [0.4, 0.5) is 0 Å². The van der Waals surface area contributed by atoms with Gasteiger partial charge in [-0.2, -0.15) is 5.10 Å². The van der Waals surface area contributed by atoms with Crippen molar-refractivity contribution in [1.29, 1.82) is 0 Å². The van der Waals surface area contributed by atoms with Gasteiger partial charge in [0, 0.05) is 25.0 Å². The molecule has 0 saturated carbocycles. The molecule has 0 fully saturated rings. The summed E-state index contributed by atoms with van der Waals surface area (Å²) in [4.78, 5) is 4.58. The lowest BCUT2D eigenvalue weighted by molar-refractivity contribution is 0.579. The summed E-state index contributed by atoms with van der Waals surface area (Å²) in [7, 11) is -3.59. The zero-order valence-corrected chi connectivity index (χ0v) is 19.0. The van der Waals surface area contributed by atoms with Gasteiger partial charge < -0.3 is 0 Å². The second kappa shape index (κ2) is 8.96. The Hall–Kier alpha value is -2.45. The molecule has 9 heteroatoms. The third-order valence-electron chi connectivity index (χ3n) is 4.84. The molecule has 4 aromatic rings. The van der Waals surface area contributed by atoms with Gasteiger partial charge in [-0.25, -0.2) is 22.6 Å². The first-order valence-electron chi connectivity index (χ1n) is 9.68. The minimum absolute atomic E-state index is 0.214. The molecule has 0 unspecified atom stereocenters. The maximum absolute atomic E-state index is 12.6. The SMILES string of the molecule is Cc1cc2ncc(CCCNS(=O)(=O)c3ccc(-c4ccc(Cl)c(Cl)c4)cc3)cn2n1. The molecule has 0 amide bonds. The van der Waals surface area contributed by atoms with E-state index in [2.05, 4.69) is 14.8 Å². The number of hydrogen-bond donors (Lipinski definition) is 1. The Morgan fingerprint density at radius 2 is 1.74 bits per heavy atom. The molecule has 6 nitrogen and oxygen atoms in total. The van der Waals surface area contributed by atoms with E-state index in [1.807, 2.05) is 25.3 Å². The number of rotatable bonds is 7. The summed E-state index contributed by atoms with van der Waals surface area (Å²) >= 11 is 12.0. The first-order valence-corrected chi connectivity index (χ1v) is 11.9. The minimum Gasteiger partial charge on any atom is -0.237 e. The summed E-state index contributed by atoms with van der Waals surface area (Å²) in [6.07, 6.45) is 5.06. The smallest absolute Gasteiger partial charge is 0.237 e. The maximum Gasteiger partial charge on any atom is 0.240 e. The third kappa shape index (κ3) is 5.07. The van der Waals surface area contributed by atoms with E-state index < -0.39 is 10.0 Å². The lowest BCUT2D eigenvalue weighted by atomic mass is 10.1. The summed E-state index contributed by atoms with van der Waals surface area (Å²) < 4.78 is 29.6. The topological polar surface area (TPSA) is 76.4 Å². The van der Waals surface area contributed by atoms with Crippen LogP contribution in [-0.2, 0) is 16.4 Å². The number of fused-ring (bicyclic) bond motifs is 1. The number of halogens is 2. The molecule has 0 saturated heterocycles. The van der Waals surface area contributed by atoms with Gasteiger partial charge in [0.05, 0.1) is 20.6 Å². The fourth-order valence-electron chi connectivity index (χ4n) is 3.25. The van der Waals surface area contributed by atoms with Gasteiger partial charge in [-0.15, -0.1) is 0 Å². The first-order chi connectivity index (χ1) is 14.8. The Labute approximate surface area is 190 Å². The molecular weight excluding hydrogens is 455 g/mol. The second-order valence-corrected chi connectivity index (χ2v) is 9.79. The van der Waals surface area contributed by atoms with Crippen molar-refractivity contribution in [3.05, 3.63) is 82.2 Å². The van der Waals surface area contributed by atoms with Crippen molar-refractivity contribution in [1.82, 2.24) is 19.3 Å². The van der Waals surface area contributed by atoms with Crippen molar-refractivity contribution in [3.8, 4) is 11.1 Å². The van der Waals surface area contributed by atoms with E-state index in [1.54, 1.807) is 47.1 Å². The van der Waals surface area contributed by atoms with Crippen LogP contribution in [-0.4, -0.2) is 29.6 Å². The molecule has 0 aliphatic heterocycles. The molecule has 0 spiro atoms. The zero-order chi connectivity index (χ0) is 22.0. The van der Waals surface area contributed by atoms with Crippen molar-refractivity contribution < 1.29 is 8.42 Å². The van der Waals surface area contributed by atoms with Crippen molar-refractivity contribution in [2.45, 2.75) is 24.7 Å². The van der Waals surface area contributed by atoms with Gasteiger partial charge >= 0.3 is 0 Å². The summed E-state index contributed by atoms with van der Waals surface area (Å²) in [5.74, 6) is 0. The van der Waals surface area contributed by atoms with E-state index in [1.165, 1.54) is 0 Å². The summed E-state index contributed by atoms with van der Waals surface area (Å²) in [5, 5.41) is 5.28. The third-order valence-corrected chi connectivity index (χ3v) is 7.06. The molecule has 31 heavy (non-hydrogen) atoms. The monoisotopic (exact) mass is 474 g/mol. The van der Waals surface area contributed by atoms with E-state index in [4.69, 9.17) is 23.2 Å². The predicted octanol–water partition coefficient (Wildman–Crippen LogP) is 4.92. The first kappa shape index (κ1) is 21.8. The number of nitrogens with zero attached hydrogens (tertiary/aromatic N) is 3. The van der Waals surface area contributed by atoms with Crippen LogP contribution in [0.15, 0.2) is 65.8 Å². The molecule has 160 valence electrons. The molecule has 2 aromatic carbocycles. The predicted molar refractivity (Wildman–Crippen MR) is 123 cm³/mol. The molecule has 2 heterocycles. The average Bonchev–Trinajstić information content (AvgIpc) is 3.12. The number of nitrogens with one attached hydrogen (secondary N) is 1. The Morgan fingerprint density at radius 1 is 1.00 bits per heavy atom. The number of hydrogen-bond acceptors (Lipinski definition) is 4. The summed E-state index contributed by atoms with van der Waals surface area (Å²) in [5.41, 5.74) is 4.42. The fourth-order valence-corrected chi connectivity index (χ4v) is 4.62. The van der Waals surface area contributed by atoms with Gasteiger partial charge in [0.2, 0.25) is 10.0 Å². The molecule has 0 aliphatic carbocycles. The fraction of sp³-hybridized carbons (Fsp3) is 0.182. The summed E-state index contributed by atoms with van der Waals surface area (Å²) in [6.45, 7) is 2.24. The van der Waals surface area contributed by atoms with Gasteiger partial charge in [0.15, 0.2) is 5.65 Å². The van der Waals surface area contributed by atoms with Crippen molar-refractivity contribution >= 4 is 38.9 Å². The Balaban J connectivity index is 1.36. The second-order valence-electron chi connectivity index (χ2n) is 7.21. The largest absolute Gasteiger partial charge is 0.240 e. The van der Waals surface area contributed by atoms with E-state index in [0.29, 0.717) is 29.4 Å². The van der Waals surface area contributed by atoms with Crippen LogP contribution in [0.25, 0.3) is 16.8 Å². The number of aryl methyl sites for hydroxylation is 2. The van der Waals surface area contributed by atoms with E-state index >= 15 is 0 Å². The molecule has 1 N–H and O–H groups in total. The van der Waals surface area contributed by atoms with Crippen molar-refractivity contribution in [2.24, 2.45) is 0 Å². The number of aromatic nitrogens is 3. The minimum atomic E-state index is -3.59. The van der Waals surface area contributed by atoms with E-state index in [-0.39, 0.29) is 4.90 Å². The van der Waals surface area contributed by atoms with Gasteiger partial charge in [-0.1, -0.05) is 41.4 Å². The van der Waals surface area contributed by atoms with Crippen molar-refractivity contribution in [3.63, 3.8) is 0 Å². The van der Waals surface area contributed by atoms with E-state index in [9.17, 15) is 8.42 Å². The molecule has 0 aliphatic rings. The molecule has 2 aromatic heterocycles. The Kier molecular flexibility index (Phi) is 6.29. The van der Waals surface area contributed by atoms with Gasteiger partial charge in [0.1, 0.15) is 0 Å². The summed E-state index contributed by atoms with van der Waals surface area (Å²) in [6, 6.07) is 13.9. The molecule has 4 rings (SSSR count). The van der Waals surface area contributed by atoms with Gasteiger partial charge in [0.25, 0.3) is 0 Å². The Bertz CT molecular complexity index is 1340. The average molecular weight is 475 g/mol. The maximum atomic E-state index is 12.6. The normalized spacial score (nSPS) is 11.8. The number of sulfonamides is 1.